The highest BCUT2D eigenvalue weighted by molar-refractivity contribution is 6.32. The average molecular weight is 605 g/mol. The Kier molecular flexibility index (Phi) is 7.44. The third-order valence-corrected chi connectivity index (χ3v) is 10.5. The molecular weight excluding hydrogens is 564 g/mol. The number of benzene rings is 2. The van der Waals surface area contributed by atoms with Crippen LogP contribution in [-0.4, -0.2) is 58.9 Å². The van der Waals surface area contributed by atoms with Gasteiger partial charge in [0.15, 0.2) is 40.2 Å². The summed E-state index contributed by atoms with van der Waals surface area (Å²) in [5.74, 6) is -8.08. The zero-order valence-corrected chi connectivity index (χ0v) is 26.5. The van der Waals surface area contributed by atoms with Gasteiger partial charge >= 0.3 is 0 Å². The highest BCUT2D eigenvalue weighted by Crippen LogP contribution is 2.64. The Morgan fingerprint density at radius 2 is 1.70 bits per heavy atom. The van der Waals surface area contributed by atoms with E-state index in [-0.39, 0.29) is 24.2 Å². The topological polar surface area (TPSA) is 144 Å². The van der Waals surface area contributed by atoms with Crippen LogP contribution in [0, 0.1) is 34.5 Å². The maximum Gasteiger partial charge on any atom is 0.190 e. The largest absolute Gasteiger partial charge is 0.507 e. The monoisotopic (exact) mass is 604 g/mol. The van der Waals surface area contributed by atoms with Crippen LogP contribution in [-0.2, 0) is 32.0 Å². The third-order valence-electron chi connectivity index (χ3n) is 10.5. The van der Waals surface area contributed by atoms with Crippen molar-refractivity contribution < 1.29 is 43.7 Å². The second-order valence-electron chi connectivity index (χ2n) is 13.5. The van der Waals surface area contributed by atoms with Crippen LogP contribution >= 0.6 is 0 Å². The number of phenols is 1. The quantitative estimate of drug-likeness (QED) is 0.460. The van der Waals surface area contributed by atoms with E-state index in [1.807, 2.05) is 13.0 Å². The number of ketones is 5. The maximum atomic E-state index is 14.5. The highest BCUT2D eigenvalue weighted by atomic mass is 16.5. The molecule has 5 rings (SSSR count). The van der Waals surface area contributed by atoms with Gasteiger partial charge in [-0.25, -0.2) is 0 Å². The summed E-state index contributed by atoms with van der Waals surface area (Å²) in [6.45, 7) is 9.94. The summed E-state index contributed by atoms with van der Waals surface area (Å²) in [5.41, 5.74) is -2.67. The second-order valence-corrected chi connectivity index (χ2v) is 13.5. The van der Waals surface area contributed by atoms with Gasteiger partial charge in [-0.15, -0.1) is 0 Å². The van der Waals surface area contributed by atoms with Gasteiger partial charge in [-0.05, 0) is 78.0 Å². The van der Waals surface area contributed by atoms with Crippen molar-refractivity contribution in [2.75, 3.05) is 14.2 Å². The fourth-order valence-electron chi connectivity index (χ4n) is 8.87. The molecule has 2 saturated carbocycles. The van der Waals surface area contributed by atoms with Crippen LogP contribution in [0.15, 0.2) is 24.3 Å². The molecule has 0 bridgehead atoms. The van der Waals surface area contributed by atoms with E-state index in [1.165, 1.54) is 13.2 Å². The van der Waals surface area contributed by atoms with E-state index in [2.05, 4.69) is 0 Å². The van der Waals surface area contributed by atoms with E-state index in [9.17, 15) is 34.2 Å². The van der Waals surface area contributed by atoms with Crippen LogP contribution in [0.5, 0.6) is 17.2 Å². The minimum Gasteiger partial charge on any atom is -0.507 e. The molecule has 3 aliphatic carbocycles. The molecule has 234 valence electrons. The Bertz CT molecular complexity index is 1610. The van der Waals surface area contributed by atoms with E-state index >= 15 is 0 Å². The molecule has 44 heavy (non-hydrogen) atoms. The van der Waals surface area contributed by atoms with Crippen LogP contribution in [0.25, 0.3) is 11.1 Å². The van der Waals surface area contributed by atoms with Gasteiger partial charge in [0.25, 0.3) is 0 Å². The van der Waals surface area contributed by atoms with Crippen LogP contribution < -0.4 is 9.47 Å². The number of aliphatic hydroxyl groups is 1. The van der Waals surface area contributed by atoms with E-state index in [4.69, 9.17) is 9.47 Å². The summed E-state index contributed by atoms with van der Waals surface area (Å²) >= 11 is 0. The lowest BCUT2D eigenvalue weighted by molar-refractivity contribution is -0.205. The molecule has 0 spiro atoms. The molecule has 2 aromatic rings. The number of methoxy groups -OCH3 is 2. The lowest BCUT2D eigenvalue weighted by Crippen LogP contribution is -2.76. The van der Waals surface area contributed by atoms with Crippen LogP contribution in [0.4, 0.5) is 0 Å². The number of aromatic hydroxyl groups is 1. The zero-order chi connectivity index (χ0) is 32.7. The van der Waals surface area contributed by atoms with Gasteiger partial charge in [-0.1, -0.05) is 40.7 Å². The Morgan fingerprint density at radius 1 is 1.05 bits per heavy atom. The van der Waals surface area contributed by atoms with Crippen LogP contribution in [0.1, 0.15) is 69.4 Å². The number of aryl methyl sites for hydroxylation is 1. The molecule has 0 amide bonds. The molecular formula is C35H40O9. The summed E-state index contributed by atoms with van der Waals surface area (Å²) in [4.78, 5) is 69.0. The number of ether oxygens (including phenoxy) is 2. The second kappa shape index (κ2) is 10.4. The SMILES string of the molecule is CCc1cc(-c2ccc(O)c3c2C[C@]2(C)C[C@]4(C)C(C(C)C)C(=O)C(C(C)=O)C(=O)[C@]4(O)C(=O)C2C3=O)cc(OC)c1OC. The van der Waals surface area contributed by atoms with Crippen molar-refractivity contribution in [1.29, 1.82) is 0 Å². The molecule has 0 radical (unpaired) electrons. The molecule has 9 nitrogen and oxygen atoms in total. The predicted octanol–water partition coefficient (Wildman–Crippen LogP) is 4.34. The van der Waals surface area contributed by atoms with Gasteiger partial charge in [-0.3, -0.25) is 24.0 Å². The average Bonchev–Trinajstić information content (AvgIpc) is 2.93. The predicted molar refractivity (Wildman–Crippen MR) is 161 cm³/mol. The van der Waals surface area contributed by atoms with Crippen molar-refractivity contribution in [2.45, 2.75) is 66.4 Å². The van der Waals surface area contributed by atoms with E-state index in [1.54, 1.807) is 46.9 Å². The first-order chi connectivity index (χ1) is 20.5. The first kappa shape index (κ1) is 31.6. The fraction of sp³-hybridized carbons (Fsp3) is 0.514. The smallest absolute Gasteiger partial charge is 0.190 e. The van der Waals surface area contributed by atoms with Crippen LogP contribution in [0.3, 0.4) is 0 Å². The molecule has 0 heterocycles. The van der Waals surface area contributed by atoms with Crippen molar-refractivity contribution in [2.24, 2.45) is 34.5 Å². The summed E-state index contributed by atoms with van der Waals surface area (Å²) in [7, 11) is 3.09. The molecule has 9 heteroatoms. The number of fused-ring (bicyclic) bond motifs is 3. The Hall–Kier alpha value is -3.85. The highest BCUT2D eigenvalue weighted by Gasteiger charge is 2.76. The van der Waals surface area contributed by atoms with Gasteiger partial charge in [0.05, 0.1) is 25.7 Å². The fourth-order valence-corrected chi connectivity index (χ4v) is 8.87. The Morgan fingerprint density at radius 3 is 2.25 bits per heavy atom. The first-order valence-electron chi connectivity index (χ1n) is 15.0. The van der Waals surface area contributed by atoms with Gasteiger partial charge < -0.3 is 19.7 Å². The standard InChI is InChI=1S/C35H40O9/c1-9-18-12-19(13-23(43-7)30(18)44-8)20-10-11-22(37)25-21(20)14-33(5)15-34(6)26(16(2)3)28(38)24(17(4)36)31(40)35(34,42)32(41)27(33)29(25)39/h10-13,16,24,26-27,37,42H,9,14-15H2,1-8H3/t24?,26?,27?,33-,34-,35+/m1/s1. The number of carbonyl (C=O) groups excluding carboxylic acids is 5. The van der Waals surface area contributed by atoms with Gasteiger partial charge in [0.1, 0.15) is 17.5 Å². The molecule has 3 aliphatic rings. The van der Waals surface area contributed by atoms with Crippen molar-refractivity contribution in [3.8, 4) is 28.4 Å². The van der Waals surface area contributed by atoms with Crippen molar-refractivity contribution in [3.05, 3.63) is 41.0 Å². The molecule has 2 fully saturated rings. The Balaban J connectivity index is 1.75. The number of hydrogen-bond acceptors (Lipinski definition) is 9. The number of phenolic OH excluding ortho intramolecular Hbond substituents is 1. The maximum absolute atomic E-state index is 14.5. The van der Waals surface area contributed by atoms with Crippen LogP contribution in [0.2, 0.25) is 0 Å². The molecule has 6 atom stereocenters. The molecule has 0 aromatic heterocycles. The molecule has 0 saturated heterocycles. The lowest BCUT2D eigenvalue weighted by atomic mass is 9.40. The summed E-state index contributed by atoms with van der Waals surface area (Å²) in [5, 5.41) is 23.2. The third kappa shape index (κ3) is 3.97. The first-order valence-corrected chi connectivity index (χ1v) is 15.0. The van der Waals surface area contributed by atoms with Crippen molar-refractivity contribution in [1.82, 2.24) is 0 Å². The normalized spacial score (nSPS) is 31.4. The summed E-state index contributed by atoms with van der Waals surface area (Å²) in [6.07, 6.45) is 0.779. The summed E-state index contributed by atoms with van der Waals surface area (Å²) in [6, 6.07) is 6.85. The van der Waals surface area contributed by atoms with E-state index < -0.39 is 69.0 Å². The number of hydrogen-bond donors (Lipinski definition) is 2. The Labute approximate surface area is 256 Å². The zero-order valence-electron chi connectivity index (χ0n) is 26.5. The van der Waals surface area contributed by atoms with Crippen molar-refractivity contribution >= 4 is 28.9 Å². The van der Waals surface area contributed by atoms with E-state index in [0.29, 0.717) is 29.0 Å². The van der Waals surface area contributed by atoms with E-state index in [0.717, 1.165) is 18.1 Å². The molecule has 2 aromatic carbocycles. The molecule has 3 unspecified atom stereocenters. The minimum atomic E-state index is -2.73. The van der Waals surface area contributed by atoms with Crippen molar-refractivity contribution in [3.63, 3.8) is 0 Å². The summed E-state index contributed by atoms with van der Waals surface area (Å²) < 4.78 is 11.2. The van der Waals surface area contributed by atoms with Gasteiger partial charge in [-0.2, -0.15) is 0 Å². The lowest BCUT2D eigenvalue weighted by Gasteiger charge is -2.61. The van der Waals surface area contributed by atoms with Gasteiger partial charge in [0, 0.05) is 11.3 Å². The van der Waals surface area contributed by atoms with Gasteiger partial charge in [0.2, 0.25) is 0 Å². The molecule has 2 N–H and O–H groups in total. The molecule has 0 aliphatic heterocycles. The minimum absolute atomic E-state index is 0.00964. The number of rotatable bonds is 6. The number of Topliss-reactive ketones (excluding diaryl/α,β-unsaturated/α-hetero) is 5. The number of carbonyl (C=O) groups is 5.